The Kier molecular flexibility index (Phi) is 2.64. The molecule has 1 nitrogen and oxygen atoms in total. The summed E-state index contributed by atoms with van der Waals surface area (Å²) >= 11 is 11.4. The van der Waals surface area contributed by atoms with Crippen molar-refractivity contribution < 1.29 is 4.74 Å². The van der Waals surface area contributed by atoms with E-state index in [0.29, 0.717) is 10.8 Å². The molecule has 0 saturated carbocycles. The molecule has 1 radical (unpaired) electrons. The van der Waals surface area contributed by atoms with Crippen molar-refractivity contribution in [3.63, 3.8) is 0 Å². The number of rotatable bonds is 1. The van der Waals surface area contributed by atoms with Gasteiger partial charge in [0.1, 0.15) is 5.76 Å². The quantitative estimate of drug-likeness (QED) is 0.560. The van der Waals surface area contributed by atoms with Crippen LogP contribution in [0.1, 0.15) is 0 Å². The minimum absolute atomic E-state index is 0.146. The maximum Gasteiger partial charge on any atom is 0.117 e. The number of allylic oxidation sites excluding steroid dienone is 3. The van der Waals surface area contributed by atoms with Crippen LogP contribution in [0.5, 0.6) is 0 Å². The van der Waals surface area contributed by atoms with Crippen LogP contribution in [0.4, 0.5) is 0 Å². The molecule has 0 bridgehead atoms. The van der Waals surface area contributed by atoms with E-state index in [9.17, 15) is 0 Å². The largest absolute Gasteiger partial charge is 0.497 e. The highest BCUT2D eigenvalue weighted by atomic mass is 35.5. The minimum atomic E-state index is -0.146. The van der Waals surface area contributed by atoms with Gasteiger partial charge in [0.2, 0.25) is 0 Å². The Labute approximate surface area is 70.3 Å². The Hall–Kier alpha value is -0.140. The van der Waals surface area contributed by atoms with Crippen molar-refractivity contribution in [3.8, 4) is 0 Å². The molecular formula is C7H7Cl2O. The molecule has 1 rings (SSSR count). The molecule has 1 aliphatic rings. The van der Waals surface area contributed by atoms with Crippen LogP contribution < -0.4 is 0 Å². The van der Waals surface area contributed by atoms with E-state index >= 15 is 0 Å². The molecule has 10 heavy (non-hydrogen) atoms. The maximum absolute atomic E-state index is 5.75. The molecule has 0 fully saturated rings. The zero-order chi connectivity index (χ0) is 7.56. The summed E-state index contributed by atoms with van der Waals surface area (Å²) in [4.78, 5) is 0. The van der Waals surface area contributed by atoms with E-state index in [1.807, 2.05) is 0 Å². The van der Waals surface area contributed by atoms with Crippen molar-refractivity contribution in [3.05, 3.63) is 29.4 Å². The van der Waals surface area contributed by atoms with Crippen LogP contribution in [0.3, 0.4) is 0 Å². The average molecular weight is 178 g/mol. The fourth-order valence-corrected chi connectivity index (χ4v) is 1.28. The lowest BCUT2D eigenvalue weighted by Gasteiger charge is -2.11. The maximum atomic E-state index is 5.75. The fourth-order valence-electron chi connectivity index (χ4n) is 0.716. The van der Waals surface area contributed by atoms with Gasteiger partial charge in [-0.3, -0.25) is 0 Å². The standard InChI is InChI=1S/C7H7Cl2O/c1-10-7-3-5(8)2-6(9)4-7/h2-5H,1H3. The van der Waals surface area contributed by atoms with E-state index in [4.69, 9.17) is 27.9 Å². The summed E-state index contributed by atoms with van der Waals surface area (Å²) in [5, 5.41) is 0.479. The monoisotopic (exact) mass is 177 g/mol. The number of hydrogen-bond donors (Lipinski definition) is 0. The van der Waals surface area contributed by atoms with Crippen molar-refractivity contribution in [1.29, 1.82) is 0 Å². The number of methoxy groups -OCH3 is 1. The van der Waals surface area contributed by atoms with Crippen molar-refractivity contribution in [2.75, 3.05) is 7.11 Å². The Morgan fingerprint density at radius 3 is 2.80 bits per heavy atom. The van der Waals surface area contributed by atoms with E-state index < -0.39 is 0 Å². The van der Waals surface area contributed by atoms with E-state index in [2.05, 4.69) is 0 Å². The lowest BCUT2D eigenvalue weighted by atomic mass is 10.2. The van der Waals surface area contributed by atoms with Gasteiger partial charge in [-0.1, -0.05) is 11.6 Å². The number of ether oxygens (including phenoxy) is 1. The smallest absolute Gasteiger partial charge is 0.117 e. The molecule has 1 aliphatic carbocycles. The predicted octanol–water partition coefficient (Wildman–Crippen LogP) is 2.46. The van der Waals surface area contributed by atoms with Gasteiger partial charge in [-0.2, -0.15) is 0 Å². The molecule has 3 heteroatoms. The lowest BCUT2D eigenvalue weighted by Crippen LogP contribution is -2.02. The van der Waals surface area contributed by atoms with Gasteiger partial charge in [0.15, 0.2) is 0 Å². The fraction of sp³-hybridized carbons (Fsp3) is 0.286. The molecule has 0 saturated heterocycles. The van der Waals surface area contributed by atoms with Gasteiger partial charge in [-0.25, -0.2) is 0 Å². The van der Waals surface area contributed by atoms with Crippen LogP contribution in [-0.4, -0.2) is 12.5 Å². The van der Waals surface area contributed by atoms with Crippen LogP contribution in [0.2, 0.25) is 0 Å². The molecular weight excluding hydrogens is 171 g/mol. The second kappa shape index (κ2) is 3.31. The molecule has 1 unspecified atom stereocenters. The highest BCUT2D eigenvalue weighted by molar-refractivity contribution is 6.33. The molecule has 0 aliphatic heterocycles. The number of halogens is 2. The first-order valence-corrected chi connectivity index (χ1v) is 3.66. The Morgan fingerprint density at radius 1 is 1.60 bits per heavy atom. The second-order valence-electron chi connectivity index (χ2n) is 1.91. The third-order valence-corrected chi connectivity index (χ3v) is 1.64. The highest BCUT2D eigenvalue weighted by Crippen LogP contribution is 2.23. The second-order valence-corrected chi connectivity index (χ2v) is 2.85. The lowest BCUT2D eigenvalue weighted by molar-refractivity contribution is 0.304. The molecule has 0 heterocycles. The normalized spacial score (nSPS) is 25.3. The predicted molar refractivity (Wildman–Crippen MR) is 43.0 cm³/mol. The van der Waals surface area contributed by atoms with Crippen LogP contribution in [0, 0.1) is 6.42 Å². The summed E-state index contributed by atoms with van der Waals surface area (Å²) in [7, 11) is 1.58. The molecule has 55 valence electrons. The van der Waals surface area contributed by atoms with E-state index in [1.165, 1.54) is 0 Å². The highest BCUT2D eigenvalue weighted by Gasteiger charge is 2.11. The zero-order valence-electron chi connectivity index (χ0n) is 5.47. The van der Waals surface area contributed by atoms with Gasteiger partial charge >= 0.3 is 0 Å². The van der Waals surface area contributed by atoms with Crippen molar-refractivity contribution in [2.45, 2.75) is 5.38 Å². The molecule has 0 aromatic rings. The third kappa shape index (κ3) is 1.93. The van der Waals surface area contributed by atoms with Crippen molar-refractivity contribution in [2.24, 2.45) is 0 Å². The van der Waals surface area contributed by atoms with Gasteiger partial charge < -0.3 is 4.74 Å². The van der Waals surface area contributed by atoms with Gasteiger partial charge in [0.05, 0.1) is 12.5 Å². The van der Waals surface area contributed by atoms with Crippen LogP contribution in [0.25, 0.3) is 0 Å². The van der Waals surface area contributed by atoms with Crippen molar-refractivity contribution in [1.82, 2.24) is 0 Å². The summed E-state index contributed by atoms with van der Waals surface area (Å²) in [6.45, 7) is 0. The topological polar surface area (TPSA) is 9.23 Å². The van der Waals surface area contributed by atoms with Gasteiger partial charge in [-0.05, 0) is 12.2 Å². The molecule has 0 spiro atoms. The van der Waals surface area contributed by atoms with Crippen LogP contribution >= 0.6 is 23.2 Å². The summed E-state index contributed by atoms with van der Waals surface area (Å²) in [6.07, 6.45) is 5.25. The SMILES string of the molecule is COC1=CC(Cl)[CH]C(Cl)=C1. The van der Waals surface area contributed by atoms with Gasteiger partial charge in [0.25, 0.3) is 0 Å². The van der Waals surface area contributed by atoms with Crippen molar-refractivity contribution >= 4 is 23.2 Å². The van der Waals surface area contributed by atoms with E-state index in [1.54, 1.807) is 25.7 Å². The Bertz CT molecular complexity index is 184. The van der Waals surface area contributed by atoms with E-state index in [-0.39, 0.29) is 5.38 Å². The first kappa shape index (κ1) is 7.96. The molecule has 1 atom stereocenters. The summed E-state index contributed by atoms with van der Waals surface area (Å²) < 4.78 is 4.93. The number of hydrogen-bond acceptors (Lipinski definition) is 1. The molecule has 0 amide bonds. The average Bonchev–Trinajstić information content (AvgIpc) is 1.85. The summed E-state index contributed by atoms with van der Waals surface area (Å²) in [6, 6.07) is 0. The zero-order valence-corrected chi connectivity index (χ0v) is 6.99. The Balaban J connectivity index is 2.72. The van der Waals surface area contributed by atoms with Crippen LogP contribution in [-0.2, 0) is 4.74 Å². The molecule has 0 N–H and O–H groups in total. The summed E-state index contributed by atoms with van der Waals surface area (Å²) in [5.74, 6) is 0.715. The number of alkyl halides is 1. The van der Waals surface area contributed by atoms with Gasteiger partial charge in [0, 0.05) is 11.5 Å². The Morgan fingerprint density at radius 2 is 2.30 bits per heavy atom. The van der Waals surface area contributed by atoms with E-state index in [0.717, 1.165) is 0 Å². The first-order valence-electron chi connectivity index (χ1n) is 2.84. The third-order valence-electron chi connectivity index (χ3n) is 1.16. The van der Waals surface area contributed by atoms with Gasteiger partial charge in [-0.15, -0.1) is 11.6 Å². The first-order chi connectivity index (χ1) is 4.72. The molecule has 0 aromatic heterocycles. The summed E-state index contributed by atoms with van der Waals surface area (Å²) in [5.41, 5.74) is 0. The van der Waals surface area contributed by atoms with Crippen LogP contribution in [0.15, 0.2) is 22.9 Å². The molecule has 0 aromatic carbocycles. The minimum Gasteiger partial charge on any atom is -0.497 e.